The van der Waals surface area contributed by atoms with E-state index >= 15 is 0 Å². The van der Waals surface area contributed by atoms with E-state index in [0.717, 1.165) is 17.4 Å². The summed E-state index contributed by atoms with van der Waals surface area (Å²) < 4.78 is 2.35. The summed E-state index contributed by atoms with van der Waals surface area (Å²) >= 11 is 1.53. The summed E-state index contributed by atoms with van der Waals surface area (Å²) in [5.41, 5.74) is 1.13. The largest absolute Gasteiger partial charge is 0.332 e. The van der Waals surface area contributed by atoms with Crippen LogP contribution in [0.15, 0.2) is 27.9 Å². The molecule has 0 saturated heterocycles. The van der Waals surface area contributed by atoms with Gasteiger partial charge in [-0.3, -0.25) is 18.7 Å². The Balaban J connectivity index is 1.69. The lowest BCUT2D eigenvalue weighted by atomic mass is 9.99. The third-order valence-electron chi connectivity index (χ3n) is 4.77. The second-order valence-corrected chi connectivity index (χ2v) is 7.66. The van der Waals surface area contributed by atoms with Gasteiger partial charge in [-0.1, -0.05) is 0 Å². The van der Waals surface area contributed by atoms with Crippen molar-refractivity contribution in [3.05, 3.63) is 54.5 Å². The van der Waals surface area contributed by atoms with Crippen molar-refractivity contribution in [3.63, 3.8) is 0 Å². The van der Waals surface area contributed by atoms with Crippen molar-refractivity contribution < 1.29 is 4.79 Å². The highest BCUT2D eigenvalue weighted by molar-refractivity contribution is 7.14. The van der Waals surface area contributed by atoms with Gasteiger partial charge < -0.3 is 5.32 Å². The highest BCUT2D eigenvalue weighted by atomic mass is 32.1. The summed E-state index contributed by atoms with van der Waals surface area (Å²) in [6, 6.07) is 3.53. The van der Waals surface area contributed by atoms with Gasteiger partial charge in [-0.15, -0.1) is 11.3 Å². The van der Waals surface area contributed by atoms with Crippen LogP contribution >= 0.6 is 11.3 Å². The third kappa shape index (κ3) is 2.66. The Morgan fingerprint density at radius 2 is 1.92 bits per heavy atom. The van der Waals surface area contributed by atoms with Gasteiger partial charge in [-0.25, -0.2) is 9.78 Å². The molecule has 0 unspecified atom stereocenters. The normalized spacial score (nSPS) is 13.6. The molecule has 1 amide bonds. The number of carbonyl (C=O) groups is 1. The summed E-state index contributed by atoms with van der Waals surface area (Å²) in [5, 5.41) is 3.10. The monoisotopic (exact) mass is 370 g/mol. The number of hydrogen-bond acceptors (Lipinski definition) is 5. The summed E-state index contributed by atoms with van der Waals surface area (Å²) in [5.74, 6) is -0.202. The molecule has 0 aromatic carbocycles. The first-order chi connectivity index (χ1) is 12.5. The molecule has 4 rings (SSSR count). The molecule has 0 fully saturated rings. The number of thiophene rings is 1. The average Bonchev–Trinajstić information content (AvgIpc) is 3.09. The Hall–Kier alpha value is -2.74. The second-order valence-electron chi connectivity index (χ2n) is 6.52. The summed E-state index contributed by atoms with van der Waals surface area (Å²) in [7, 11) is 2.98. The van der Waals surface area contributed by atoms with Crippen LogP contribution in [0.4, 0.5) is 5.69 Å². The molecule has 0 atom stereocenters. The Labute approximate surface area is 152 Å². The molecular weight excluding hydrogens is 352 g/mol. The van der Waals surface area contributed by atoms with E-state index in [0.29, 0.717) is 16.2 Å². The minimum Gasteiger partial charge on any atom is -0.320 e. The van der Waals surface area contributed by atoms with Crippen molar-refractivity contribution in [2.75, 3.05) is 5.32 Å². The molecule has 0 aliphatic heterocycles. The first kappa shape index (κ1) is 16.7. The summed E-state index contributed by atoms with van der Waals surface area (Å²) in [6.45, 7) is 0. The number of fused-ring (bicyclic) bond motifs is 2. The second kappa shape index (κ2) is 6.21. The van der Waals surface area contributed by atoms with Gasteiger partial charge in [0.15, 0.2) is 0 Å². The van der Waals surface area contributed by atoms with Gasteiger partial charge in [0, 0.05) is 19.0 Å². The van der Waals surface area contributed by atoms with E-state index in [4.69, 9.17) is 0 Å². The van der Waals surface area contributed by atoms with Crippen LogP contribution in [0, 0.1) is 0 Å². The number of aromatic nitrogens is 3. The predicted octanol–water partition coefficient (Wildman–Crippen LogP) is 1.82. The minimum absolute atomic E-state index is 0.202. The molecule has 8 heteroatoms. The van der Waals surface area contributed by atoms with E-state index in [-0.39, 0.29) is 11.3 Å². The molecule has 0 radical (unpaired) electrons. The maximum atomic E-state index is 12.6. The lowest BCUT2D eigenvalue weighted by Gasteiger charge is -2.08. The number of hydrogen-bond donors (Lipinski definition) is 1. The fraction of sp³-hybridized carbons (Fsp3) is 0.333. The van der Waals surface area contributed by atoms with E-state index in [1.807, 2.05) is 6.07 Å². The Kier molecular flexibility index (Phi) is 3.99. The maximum absolute atomic E-state index is 12.6. The first-order valence-corrected chi connectivity index (χ1v) is 9.26. The molecular formula is C18H18N4O3S. The molecule has 0 spiro atoms. The molecule has 0 saturated carbocycles. The minimum atomic E-state index is -0.434. The molecule has 0 bridgehead atoms. The first-order valence-electron chi connectivity index (χ1n) is 8.44. The Morgan fingerprint density at radius 3 is 2.69 bits per heavy atom. The van der Waals surface area contributed by atoms with Gasteiger partial charge in [0.05, 0.1) is 22.1 Å². The fourth-order valence-corrected chi connectivity index (χ4v) is 4.48. The number of pyridine rings is 1. The van der Waals surface area contributed by atoms with Crippen molar-refractivity contribution >= 4 is 34.0 Å². The van der Waals surface area contributed by atoms with Gasteiger partial charge in [0.1, 0.15) is 5.65 Å². The zero-order valence-electron chi connectivity index (χ0n) is 14.5. The number of amides is 1. The smallest absolute Gasteiger partial charge is 0.320 e. The molecule has 1 aliphatic rings. The van der Waals surface area contributed by atoms with Crippen LogP contribution in [0.25, 0.3) is 11.0 Å². The predicted molar refractivity (Wildman–Crippen MR) is 101 cm³/mol. The lowest BCUT2D eigenvalue weighted by Crippen LogP contribution is -2.37. The van der Waals surface area contributed by atoms with Crippen LogP contribution in [-0.2, 0) is 26.9 Å². The molecule has 3 aromatic heterocycles. The topological polar surface area (TPSA) is 86.0 Å². The number of nitrogens with one attached hydrogen (secondary N) is 1. The summed E-state index contributed by atoms with van der Waals surface area (Å²) in [6.07, 6.45) is 5.87. The highest BCUT2D eigenvalue weighted by Gasteiger charge is 2.18. The van der Waals surface area contributed by atoms with Crippen LogP contribution in [0.3, 0.4) is 0 Å². The number of rotatable bonds is 2. The quantitative estimate of drug-likeness (QED) is 0.746. The van der Waals surface area contributed by atoms with Crippen molar-refractivity contribution in [1.82, 2.24) is 14.1 Å². The highest BCUT2D eigenvalue weighted by Crippen LogP contribution is 2.30. The van der Waals surface area contributed by atoms with Crippen LogP contribution in [0.1, 0.15) is 33.0 Å². The van der Waals surface area contributed by atoms with Gasteiger partial charge in [0.25, 0.3) is 11.5 Å². The van der Waals surface area contributed by atoms with Crippen LogP contribution in [0.2, 0.25) is 0 Å². The maximum Gasteiger partial charge on any atom is 0.332 e. The van der Waals surface area contributed by atoms with Crippen molar-refractivity contribution in [2.45, 2.75) is 25.7 Å². The zero-order valence-corrected chi connectivity index (χ0v) is 15.4. The van der Waals surface area contributed by atoms with Gasteiger partial charge in [-0.2, -0.15) is 0 Å². The van der Waals surface area contributed by atoms with Gasteiger partial charge in [0.2, 0.25) is 0 Å². The Morgan fingerprint density at radius 1 is 1.15 bits per heavy atom. The van der Waals surface area contributed by atoms with E-state index in [1.165, 1.54) is 52.4 Å². The fourth-order valence-electron chi connectivity index (χ4n) is 3.33. The van der Waals surface area contributed by atoms with Crippen molar-refractivity contribution in [1.29, 1.82) is 0 Å². The standard InChI is InChI=1S/C18H18N4O3S/c1-21-15-12(17(24)22(2)18(21)25)8-11(9-19-15)20-16(23)14-7-10-5-3-4-6-13(10)26-14/h7-9H,3-6H2,1-2H3,(H,20,23). The van der Waals surface area contributed by atoms with Crippen molar-refractivity contribution in [2.24, 2.45) is 14.1 Å². The Bertz CT molecular complexity index is 1130. The average molecular weight is 370 g/mol. The molecule has 7 nitrogen and oxygen atoms in total. The van der Waals surface area contributed by atoms with Crippen LogP contribution in [-0.4, -0.2) is 20.0 Å². The van der Waals surface area contributed by atoms with Gasteiger partial charge >= 0.3 is 5.69 Å². The molecule has 1 N–H and O–H groups in total. The number of aryl methyl sites for hydroxylation is 3. The third-order valence-corrected chi connectivity index (χ3v) is 6.01. The van der Waals surface area contributed by atoms with Crippen LogP contribution in [0.5, 0.6) is 0 Å². The van der Waals surface area contributed by atoms with E-state index in [1.54, 1.807) is 13.1 Å². The molecule has 134 valence electrons. The van der Waals surface area contributed by atoms with E-state index in [2.05, 4.69) is 10.3 Å². The number of anilines is 1. The number of carbonyl (C=O) groups excluding carboxylic acids is 1. The molecule has 3 heterocycles. The lowest BCUT2D eigenvalue weighted by molar-refractivity contribution is 0.103. The summed E-state index contributed by atoms with van der Waals surface area (Å²) in [4.78, 5) is 43.0. The molecule has 1 aliphatic carbocycles. The van der Waals surface area contributed by atoms with Crippen LogP contribution < -0.4 is 16.6 Å². The molecule has 26 heavy (non-hydrogen) atoms. The SMILES string of the molecule is Cn1c(=O)c2cc(NC(=O)c3cc4c(s3)CCCC4)cnc2n(C)c1=O. The van der Waals surface area contributed by atoms with E-state index in [9.17, 15) is 14.4 Å². The van der Waals surface area contributed by atoms with Crippen molar-refractivity contribution in [3.8, 4) is 0 Å². The van der Waals surface area contributed by atoms with E-state index < -0.39 is 11.2 Å². The van der Waals surface area contributed by atoms with Gasteiger partial charge in [-0.05, 0) is 43.4 Å². The zero-order chi connectivity index (χ0) is 18.4. The molecule has 3 aromatic rings. The number of nitrogens with zero attached hydrogens (tertiary/aromatic N) is 3.